The van der Waals surface area contributed by atoms with Crippen LogP contribution in [0.25, 0.3) is 10.8 Å². The molecule has 0 spiro atoms. The average Bonchev–Trinajstić information content (AvgIpc) is 2.44. The Hall–Kier alpha value is -2.57. The molecule has 2 aromatic rings. The number of carboxylic acids is 1. The molecule has 1 unspecified atom stereocenters. The number of carbonyl (C=O) groups is 2. The van der Waals surface area contributed by atoms with Crippen LogP contribution in [0, 0.1) is 0 Å². The predicted molar refractivity (Wildman–Crippen MR) is 73.1 cm³/mol. The van der Waals surface area contributed by atoms with E-state index < -0.39 is 30.5 Å². The molecular weight excluding hydrogens is 299 g/mol. The first-order chi connectivity index (χ1) is 10.3. The van der Waals surface area contributed by atoms with Gasteiger partial charge in [-0.1, -0.05) is 42.5 Å². The molecule has 2 rings (SSSR count). The standard InChI is InChI=1S/C15H12F3NO3/c16-15(17,18)14(22)19-12(8-13(20)21)11-7-3-5-9-4-1-2-6-10(9)11/h1-7,12H,8H2,(H,19,22)(H,20,21). The Morgan fingerprint density at radius 2 is 1.73 bits per heavy atom. The lowest BCUT2D eigenvalue weighted by Crippen LogP contribution is -2.39. The SMILES string of the molecule is O=C(O)CC(NC(=O)C(F)(F)F)c1cccc2ccccc12. The van der Waals surface area contributed by atoms with Crippen molar-refractivity contribution >= 4 is 22.6 Å². The zero-order chi connectivity index (χ0) is 16.3. The molecule has 1 amide bonds. The van der Waals surface area contributed by atoms with Crippen molar-refractivity contribution < 1.29 is 27.9 Å². The van der Waals surface area contributed by atoms with E-state index in [1.165, 1.54) is 6.07 Å². The normalized spacial score (nSPS) is 12.9. The number of carboxylic acid groups (broad SMARTS) is 1. The lowest BCUT2D eigenvalue weighted by Gasteiger charge is -2.20. The molecule has 7 heteroatoms. The van der Waals surface area contributed by atoms with E-state index >= 15 is 0 Å². The van der Waals surface area contributed by atoms with Gasteiger partial charge in [0.25, 0.3) is 0 Å². The molecule has 0 saturated carbocycles. The fraction of sp³-hybridized carbons (Fsp3) is 0.200. The molecular formula is C15H12F3NO3. The molecule has 2 N–H and O–H groups in total. The van der Waals surface area contributed by atoms with E-state index in [0.29, 0.717) is 10.9 Å². The van der Waals surface area contributed by atoms with Crippen LogP contribution in [0.15, 0.2) is 42.5 Å². The molecule has 22 heavy (non-hydrogen) atoms. The van der Waals surface area contributed by atoms with Gasteiger partial charge in [0.1, 0.15) is 0 Å². The number of hydrogen-bond acceptors (Lipinski definition) is 2. The van der Waals surface area contributed by atoms with Gasteiger partial charge >= 0.3 is 18.1 Å². The third kappa shape index (κ3) is 3.55. The Labute approximate surface area is 123 Å². The minimum atomic E-state index is -5.07. The largest absolute Gasteiger partial charge is 0.481 e. The van der Waals surface area contributed by atoms with Crippen LogP contribution in [0.2, 0.25) is 0 Å². The fourth-order valence-electron chi connectivity index (χ4n) is 2.21. The lowest BCUT2D eigenvalue weighted by atomic mass is 9.96. The van der Waals surface area contributed by atoms with E-state index in [1.54, 1.807) is 41.7 Å². The molecule has 0 aromatic heterocycles. The molecule has 0 heterocycles. The smallest absolute Gasteiger partial charge is 0.471 e. The molecule has 0 radical (unpaired) electrons. The van der Waals surface area contributed by atoms with Crippen molar-refractivity contribution in [2.24, 2.45) is 0 Å². The minimum absolute atomic E-state index is 0.332. The number of fused-ring (bicyclic) bond motifs is 1. The highest BCUT2D eigenvalue weighted by Gasteiger charge is 2.40. The van der Waals surface area contributed by atoms with Crippen LogP contribution in [0.1, 0.15) is 18.0 Å². The Morgan fingerprint density at radius 3 is 2.36 bits per heavy atom. The van der Waals surface area contributed by atoms with Gasteiger partial charge < -0.3 is 10.4 Å². The monoisotopic (exact) mass is 311 g/mol. The van der Waals surface area contributed by atoms with E-state index in [0.717, 1.165) is 5.39 Å². The number of aliphatic carboxylic acids is 1. The molecule has 116 valence electrons. The van der Waals surface area contributed by atoms with Gasteiger partial charge in [-0.2, -0.15) is 13.2 Å². The highest BCUT2D eigenvalue weighted by molar-refractivity contribution is 5.88. The molecule has 2 aromatic carbocycles. The highest BCUT2D eigenvalue weighted by Crippen LogP contribution is 2.27. The average molecular weight is 311 g/mol. The van der Waals surface area contributed by atoms with E-state index in [-0.39, 0.29) is 0 Å². The van der Waals surface area contributed by atoms with Crippen molar-refractivity contribution in [2.45, 2.75) is 18.6 Å². The number of alkyl halides is 3. The molecule has 0 aliphatic heterocycles. The first kappa shape index (κ1) is 15.8. The third-order valence-corrected chi connectivity index (χ3v) is 3.14. The van der Waals surface area contributed by atoms with Gasteiger partial charge in [0, 0.05) is 0 Å². The van der Waals surface area contributed by atoms with Crippen molar-refractivity contribution in [1.82, 2.24) is 5.32 Å². The van der Waals surface area contributed by atoms with Crippen molar-refractivity contribution in [1.29, 1.82) is 0 Å². The van der Waals surface area contributed by atoms with Gasteiger partial charge in [-0.05, 0) is 16.3 Å². The summed E-state index contributed by atoms with van der Waals surface area (Å²) in [5.41, 5.74) is 0.332. The second-order valence-corrected chi connectivity index (χ2v) is 4.69. The zero-order valence-electron chi connectivity index (χ0n) is 11.2. The molecule has 0 aliphatic carbocycles. The molecule has 0 aliphatic rings. The van der Waals surface area contributed by atoms with Crippen LogP contribution >= 0.6 is 0 Å². The van der Waals surface area contributed by atoms with E-state index in [2.05, 4.69) is 0 Å². The van der Waals surface area contributed by atoms with Crippen molar-refractivity contribution in [3.8, 4) is 0 Å². The Morgan fingerprint density at radius 1 is 1.09 bits per heavy atom. The van der Waals surface area contributed by atoms with E-state index in [9.17, 15) is 22.8 Å². The van der Waals surface area contributed by atoms with Crippen LogP contribution in [0.3, 0.4) is 0 Å². The molecule has 0 fully saturated rings. The summed E-state index contributed by atoms with van der Waals surface area (Å²) in [7, 11) is 0. The Bertz CT molecular complexity index is 707. The quantitative estimate of drug-likeness (QED) is 0.912. The maximum Gasteiger partial charge on any atom is 0.471 e. The van der Waals surface area contributed by atoms with Gasteiger partial charge in [-0.15, -0.1) is 0 Å². The van der Waals surface area contributed by atoms with Gasteiger partial charge in [-0.3, -0.25) is 9.59 Å². The summed E-state index contributed by atoms with van der Waals surface area (Å²) >= 11 is 0. The minimum Gasteiger partial charge on any atom is -0.481 e. The van der Waals surface area contributed by atoms with E-state index in [4.69, 9.17) is 5.11 Å². The first-order valence-corrected chi connectivity index (χ1v) is 6.36. The number of hydrogen-bond donors (Lipinski definition) is 2. The number of nitrogens with one attached hydrogen (secondary N) is 1. The van der Waals surface area contributed by atoms with E-state index in [1.807, 2.05) is 0 Å². The number of halogens is 3. The second-order valence-electron chi connectivity index (χ2n) is 4.69. The summed E-state index contributed by atoms with van der Waals surface area (Å²) in [5, 5.41) is 12.0. The predicted octanol–water partition coefficient (Wildman–Crippen LogP) is 3.03. The summed E-state index contributed by atoms with van der Waals surface area (Å²) in [6, 6.07) is 10.5. The van der Waals surface area contributed by atoms with Crippen molar-refractivity contribution in [3.63, 3.8) is 0 Å². The molecule has 4 nitrogen and oxygen atoms in total. The molecule has 1 atom stereocenters. The fourth-order valence-corrected chi connectivity index (χ4v) is 2.21. The van der Waals surface area contributed by atoms with Gasteiger partial charge in [-0.25, -0.2) is 0 Å². The second kappa shape index (κ2) is 6.05. The number of benzene rings is 2. The van der Waals surface area contributed by atoms with Crippen LogP contribution in [-0.2, 0) is 9.59 Å². The summed E-state index contributed by atoms with van der Waals surface area (Å²) in [5.74, 6) is -3.47. The van der Waals surface area contributed by atoms with Crippen LogP contribution in [0.4, 0.5) is 13.2 Å². The summed E-state index contributed by atoms with van der Waals surface area (Å²) < 4.78 is 37.3. The Balaban J connectivity index is 2.44. The number of rotatable bonds is 4. The van der Waals surface area contributed by atoms with Gasteiger partial charge in [0.2, 0.25) is 0 Å². The van der Waals surface area contributed by atoms with Crippen molar-refractivity contribution in [2.75, 3.05) is 0 Å². The summed E-state index contributed by atoms with van der Waals surface area (Å²) in [6.07, 6.45) is -5.71. The maximum absolute atomic E-state index is 12.4. The van der Waals surface area contributed by atoms with Gasteiger partial charge in [0.05, 0.1) is 12.5 Å². The zero-order valence-corrected chi connectivity index (χ0v) is 11.2. The number of amides is 1. The third-order valence-electron chi connectivity index (χ3n) is 3.14. The molecule has 0 saturated heterocycles. The topological polar surface area (TPSA) is 66.4 Å². The first-order valence-electron chi connectivity index (χ1n) is 6.36. The Kier molecular flexibility index (Phi) is 4.35. The van der Waals surface area contributed by atoms with Gasteiger partial charge in [0.15, 0.2) is 0 Å². The maximum atomic E-state index is 12.4. The summed E-state index contributed by atoms with van der Waals surface area (Å²) in [6.45, 7) is 0. The lowest BCUT2D eigenvalue weighted by molar-refractivity contribution is -0.174. The van der Waals surface area contributed by atoms with Crippen LogP contribution < -0.4 is 5.32 Å². The van der Waals surface area contributed by atoms with Crippen LogP contribution in [-0.4, -0.2) is 23.2 Å². The van der Waals surface area contributed by atoms with Crippen molar-refractivity contribution in [3.05, 3.63) is 48.0 Å². The highest BCUT2D eigenvalue weighted by atomic mass is 19.4. The number of carbonyl (C=O) groups excluding carboxylic acids is 1. The summed E-state index contributed by atoms with van der Waals surface area (Å²) in [4.78, 5) is 22.1. The molecule has 0 bridgehead atoms. The van der Waals surface area contributed by atoms with Crippen LogP contribution in [0.5, 0.6) is 0 Å².